The predicted octanol–water partition coefficient (Wildman–Crippen LogP) is 1.79. The maximum Gasteiger partial charge on any atom is 0.249 e. The van der Waals surface area contributed by atoms with Crippen LogP contribution in [0.1, 0.15) is 45.4 Å². The fourth-order valence-electron chi connectivity index (χ4n) is 3.29. The number of rotatable bonds is 5. The predicted molar refractivity (Wildman–Crippen MR) is 78.1 cm³/mol. The van der Waals surface area contributed by atoms with E-state index in [2.05, 4.69) is 11.6 Å². The molecule has 1 saturated carbocycles. The van der Waals surface area contributed by atoms with Crippen LogP contribution in [0.2, 0.25) is 0 Å². The van der Waals surface area contributed by atoms with E-state index in [1.165, 1.54) is 0 Å². The Labute approximate surface area is 119 Å². The van der Waals surface area contributed by atoms with Gasteiger partial charge in [0, 0.05) is 6.54 Å². The minimum atomic E-state index is -0.567. The zero-order valence-electron chi connectivity index (χ0n) is 11.9. The van der Waals surface area contributed by atoms with Gasteiger partial charge in [-0.05, 0) is 37.7 Å². The highest BCUT2D eigenvalue weighted by Crippen LogP contribution is 2.35. The first-order chi connectivity index (χ1) is 9.14. The van der Waals surface area contributed by atoms with Crippen molar-refractivity contribution in [2.24, 2.45) is 0 Å². The van der Waals surface area contributed by atoms with E-state index in [-0.39, 0.29) is 17.9 Å². The summed E-state index contributed by atoms with van der Waals surface area (Å²) in [4.78, 5) is 26.9. The summed E-state index contributed by atoms with van der Waals surface area (Å²) in [6.45, 7) is 2.69. The minimum absolute atomic E-state index is 0.0492. The van der Waals surface area contributed by atoms with Gasteiger partial charge in [0.2, 0.25) is 11.8 Å². The number of thioether (sulfide) groups is 1. The highest BCUT2D eigenvalue weighted by molar-refractivity contribution is 7.98. The monoisotopic (exact) mass is 284 g/mol. The first-order valence-corrected chi connectivity index (χ1v) is 8.66. The first-order valence-electron chi connectivity index (χ1n) is 7.26. The molecule has 1 N–H and O–H groups in total. The van der Waals surface area contributed by atoms with Crippen LogP contribution >= 0.6 is 11.8 Å². The van der Waals surface area contributed by atoms with Gasteiger partial charge in [-0.3, -0.25) is 9.59 Å². The molecule has 1 aliphatic heterocycles. The highest BCUT2D eigenvalue weighted by atomic mass is 32.2. The van der Waals surface area contributed by atoms with Crippen molar-refractivity contribution in [2.75, 3.05) is 18.6 Å². The molecule has 1 atom stereocenters. The Kier molecular flexibility index (Phi) is 4.76. The van der Waals surface area contributed by atoms with Gasteiger partial charge in [-0.2, -0.15) is 11.8 Å². The number of nitrogens with zero attached hydrogens (tertiary/aromatic N) is 1. The molecular weight excluding hydrogens is 260 g/mol. The SMILES string of the molecule is CCC1C(=O)NC2(CCCC2)C(=O)N1CCCSC. The molecule has 1 unspecified atom stereocenters. The molecule has 2 aliphatic rings. The van der Waals surface area contributed by atoms with Gasteiger partial charge in [-0.15, -0.1) is 0 Å². The van der Waals surface area contributed by atoms with Gasteiger partial charge in [0.25, 0.3) is 0 Å². The van der Waals surface area contributed by atoms with Crippen LogP contribution in [-0.2, 0) is 9.59 Å². The van der Waals surface area contributed by atoms with E-state index in [9.17, 15) is 9.59 Å². The summed E-state index contributed by atoms with van der Waals surface area (Å²) in [6, 6.07) is -0.263. The Balaban J connectivity index is 2.14. The molecule has 0 aromatic heterocycles. The maximum absolute atomic E-state index is 12.8. The molecule has 5 heteroatoms. The van der Waals surface area contributed by atoms with Crippen molar-refractivity contribution in [2.45, 2.75) is 57.0 Å². The molecule has 0 bridgehead atoms. The number of piperazine rings is 1. The summed E-state index contributed by atoms with van der Waals surface area (Å²) < 4.78 is 0. The average molecular weight is 284 g/mol. The van der Waals surface area contributed by atoms with Crippen molar-refractivity contribution in [3.05, 3.63) is 0 Å². The number of nitrogens with one attached hydrogen (secondary N) is 1. The Hall–Kier alpha value is -0.710. The molecule has 0 radical (unpaired) electrons. The quantitative estimate of drug-likeness (QED) is 0.783. The maximum atomic E-state index is 12.8. The third-order valence-corrected chi connectivity index (χ3v) is 5.00. The Morgan fingerprint density at radius 2 is 2.05 bits per heavy atom. The van der Waals surface area contributed by atoms with Crippen LogP contribution in [0.5, 0.6) is 0 Å². The molecule has 1 spiro atoms. The Morgan fingerprint density at radius 3 is 2.63 bits per heavy atom. The largest absolute Gasteiger partial charge is 0.340 e. The van der Waals surface area contributed by atoms with Crippen LogP contribution in [0.3, 0.4) is 0 Å². The second-order valence-corrected chi connectivity index (χ2v) is 6.53. The lowest BCUT2D eigenvalue weighted by Gasteiger charge is -2.44. The normalized spacial score (nSPS) is 26.0. The van der Waals surface area contributed by atoms with Crippen LogP contribution in [0.15, 0.2) is 0 Å². The van der Waals surface area contributed by atoms with Crippen LogP contribution in [0.4, 0.5) is 0 Å². The highest BCUT2D eigenvalue weighted by Gasteiger charge is 2.51. The summed E-state index contributed by atoms with van der Waals surface area (Å²) in [5, 5.41) is 3.03. The molecule has 0 aromatic rings. The van der Waals surface area contributed by atoms with Gasteiger partial charge in [0.05, 0.1) is 0 Å². The first kappa shape index (κ1) is 14.7. The van der Waals surface area contributed by atoms with E-state index in [4.69, 9.17) is 0 Å². The van der Waals surface area contributed by atoms with Gasteiger partial charge in [-0.1, -0.05) is 19.8 Å². The number of amides is 2. The molecule has 0 aromatic carbocycles. The van der Waals surface area contributed by atoms with Gasteiger partial charge < -0.3 is 10.2 Å². The standard InChI is InChI=1S/C14H24N2O2S/c1-3-11-12(17)15-14(7-4-5-8-14)13(18)16(11)9-6-10-19-2/h11H,3-10H2,1-2H3,(H,15,17). The number of hydrogen-bond acceptors (Lipinski definition) is 3. The molecule has 19 heavy (non-hydrogen) atoms. The third-order valence-electron chi connectivity index (χ3n) is 4.30. The second-order valence-electron chi connectivity index (χ2n) is 5.55. The van der Waals surface area contributed by atoms with Crippen LogP contribution in [0, 0.1) is 0 Å². The van der Waals surface area contributed by atoms with Crippen molar-refractivity contribution in [1.82, 2.24) is 10.2 Å². The zero-order chi connectivity index (χ0) is 13.9. The lowest BCUT2D eigenvalue weighted by atomic mass is 9.90. The molecule has 1 aliphatic carbocycles. The average Bonchev–Trinajstić information content (AvgIpc) is 2.85. The second kappa shape index (κ2) is 6.16. The number of carbonyl (C=O) groups excluding carboxylic acids is 2. The van der Waals surface area contributed by atoms with E-state index < -0.39 is 5.54 Å². The van der Waals surface area contributed by atoms with E-state index in [1.54, 1.807) is 11.8 Å². The van der Waals surface area contributed by atoms with Crippen molar-refractivity contribution >= 4 is 23.6 Å². The lowest BCUT2D eigenvalue weighted by Crippen LogP contribution is -2.69. The molecule has 2 rings (SSSR count). The van der Waals surface area contributed by atoms with Crippen LogP contribution in [-0.4, -0.2) is 46.8 Å². The van der Waals surface area contributed by atoms with Gasteiger partial charge >= 0.3 is 0 Å². The van der Waals surface area contributed by atoms with Gasteiger partial charge in [-0.25, -0.2) is 0 Å². The summed E-state index contributed by atoms with van der Waals surface area (Å²) in [5.74, 6) is 1.25. The van der Waals surface area contributed by atoms with Crippen molar-refractivity contribution < 1.29 is 9.59 Å². The molecule has 4 nitrogen and oxygen atoms in total. The summed E-state index contributed by atoms with van der Waals surface area (Å²) in [7, 11) is 0. The lowest BCUT2D eigenvalue weighted by molar-refractivity contribution is -0.155. The molecule has 108 valence electrons. The smallest absolute Gasteiger partial charge is 0.249 e. The van der Waals surface area contributed by atoms with Crippen LogP contribution < -0.4 is 5.32 Å². The molecule has 2 amide bonds. The van der Waals surface area contributed by atoms with Gasteiger partial charge in [0.15, 0.2) is 0 Å². The summed E-state index contributed by atoms with van der Waals surface area (Å²) >= 11 is 1.79. The van der Waals surface area contributed by atoms with Crippen molar-refractivity contribution in [3.63, 3.8) is 0 Å². The van der Waals surface area contributed by atoms with Gasteiger partial charge in [0.1, 0.15) is 11.6 Å². The topological polar surface area (TPSA) is 49.4 Å². The van der Waals surface area contributed by atoms with Crippen molar-refractivity contribution in [1.29, 1.82) is 0 Å². The minimum Gasteiger partial charge on any atom is -0.340 e. The molecule has 1 heterocycles. The van der Waals surface area contributed by atoms with E-state index >= 15 is 0 Å². The Morgan fingerprint density at radius 1 is 1.37 bits per heavy atom. The van der Waals surface area contributed by atoms with Crippen LogP contribution in [0.25, 0.3) is 0 Å². The van der Waals surface area contributed by atoms with E-state index in [0.717, 1.165) is 37.9 Å². The summed E-state index contributed by atoms with van der Waals surface area (Å²) in [5.41, 5.74) is -0.567. The fourth-order valence-corrected chi connectivity index (χ4v) is 3.71. The van der Waals surface area contributed by atoms with Crippen molar-refractivity contribution in [3.8, 4) is 0 Å². The van der Waals surface area contributed by atoms with E-state index in [0.29, 0.717) is 13.0 Å². The summed E-state index contributed by atoms with van der Waals surface area (Å²) in [6.07, 6.45) is 7.45. The third kappa shape index (κ3) is 2.76. The van der Waals surface area contributed by atoms with E-state index in [1.807, 2.05) is 11.8 Å². The Bertz CT molecular complexity index is 353. The molecule has 1 saturated heterocycles. The molecule has 2 fully saturated rings. The zero-order valence-corrected chi connectivity index (χ0v) is 12.7. The fraction of sp³-hybridized carbons (Fsp3) is 0.857. The molecular formula is C14H24N2O2S. The number of carbonyl (C=O) groups is 2. The number of hydrogen-bond donors (Lipinski definition) is 1.